The van der Waals surface area contributed by atoms with Crippen molar-refractivity contribution in [3.05, 3.63) is 28.7 Å². The van der Waals surface area contributed by atoms with Gasteiger partial charge in [-0.1, -0.05) is 37.0 Å². The molecule has 1 aliphatic rings. The number of hydrogen-bond acceptors (Lipinski definition) is 7. The van der Waals surface area contributed by atoms with Crippen molar-refractivity contribution in [2.75, 3.05) is 26.4 Å². The van der Waals surface area contributed by atoms with E-state index in [0.717, 1.165) is 12.0 Å². The van der Waals surface area contributed by atoms with Gasteiger partial charge in [0, 0.05) is 13.0 Å². The van der Waals surface area contributed by atoms with Crippen molar-refractivity contribution in [3.63, 3.8) is 0 Å². The fourth-order valence-corrected chi connectivity index (χ4v) is 3.98. The Hall–Kier alpha value is -2.06. The van der Waals surface area contributed by atoms with Gasteiger partial charge < -0.3 is 14.2 Å². The molecule has 158 valence electrons. The Kier molecular flexibility index (Phi) is 9.47. The fourth-order valence-electron chi connectivity index (χ4n) is 2.67. The standard InChI is InChI=1S/C21H27NO5S2/c1-4-12-27-16-10-9-15(13-17(16)25-5-2)14-18-20(24)22(21(28)29-18)11-7-8-19(23)26-6-3/h9-10,13-14H,4-8,11-12H2,1-3H3/b18-14-. The molecule has 6 nitrogen and oxygen atoms in total. The molecule has 0 aromatic heterocycles. The Morgan fingerprint density at radius 1 is 1.17 bits per heavy atom. The summed E-state index contributed by atoms with van der Waals surface area (Å²) in [5.74, 6) is 0.937. The first-order valence-electron chi connectivity index (χ1n) is 9.80. The van der Waals surface area contributed by atoms with Crippen LogP contribution in [0.1, 0.15) is 45.6 Å². The number of esters is 1. The maximum atomic E-state index is 12.7. The van der Waals surface area contributed by atoms with Crippen LogP contribution in [0.3, 0.4) is 0 Å². The van der Waals surface area contributed by atoms with Gasteiger partial charge in [0.05, 0.1) is 24.7 Å². The normalized spacial score (nSPS) is 15.1. The van der Waals surface area contributed by atoms with Gasteiger partial charge in [-0.05, 0) is 50.5 Å². The van der Waals surface area contributed by atoms with E-state index in [2.05, 4.69) is 0 Å². The molecule has 0 saturated carbocycles. The summed E-state index contributed by atoms with van der Waals surface area (Å²) < 4.78 is 16.8. The predicted molar refractivity (Wildman–Crippen MR) is 119 cm³/mol. The number of thioether (sulfide) groups is 1. The van der Waals surface area contributed by atoms with Crippen molar-refractivity contribution < 1.29 is 23.8 Å². The monoisotopic (exact) mass is 437 g/mol. The second-order valence-corrected chi connectivity index (χ2v) is 7.91. The number of carbonyl (C=O) groups is 2. The number of amides is 1. The molecule has 1 heterocycles. The summed E-state index contributed by atoms with van der Waals surface area (Å²) in [4.78, 5) is 26.3. The Bertz CT molecular complexity index is 778. The first-order chi connectivity index (χ1) is 14.0. The summed E-state index contributed by atoms with van der Waals surface area (Å²) in [5.41, 5.74) is 0.837. The topological polar surface area (TPSA) is 65.1 Å². The van der Waals surface area contributed by atoms with Crippen molar-refractivity contribution in [1.29, 1.82) is 0 Å². The smallest absolute Gasteiger partial charge is 0.305 e. The lowest BCUT2D eigenvalue weighted by atomic mass is 10.2. The zero-order valence-electron chi connectivity index (χ0n) is 17.1. The summed E-state index contributed by atoms with van der Waals surface area (Å²) in [6.45, 7) is 7.62. The van der Waals surface area contributed by atoms with E-state index in [1.807, 2.05) is 32.0 Å². The summed E-state index contributed by atoms with van der Waals surface area (Å²) in [5, 5.41) is 0. The molecule has 8 heteroatoms. The van der Waals surface area contributed by atoms with Gasteiger partial charge in [0.2, 0.25) is 0 Å². The van der Waals surface area contributed by atoms with E-state index in [4.69, 9.17) is 26.4 Å². The Morgan fingerprint density at radius 2 is 1.97 bits per heavy atom. The van der Waals surface area contributed by atoms with Gasteiger partial charge in [0.25, 0.3) is 5.91 Å². The molecule has 29 heavy (non-hydrogen) atoms. The molecule has 0 spiro atoms. The average Bonchev–Trinajstić information content (AvgIpc) is 2.95. The van der Waals surface area contributed by atoms with Crippen molar-refractivity contribution in [1.82, 2.24) is 4.90 Å². The first-order valence-corrected chi connectivity index (χ1v) is 11.0. The summed E-state index contributed by atoms with van der Waals surface area (Å²) in [7, 11) is 0. The molecule has 2 rings (SSSR count). The van der Waals surface area contributed by atoms with Gasteiger partial charge in [0.1, 0.15) is 4.32 Å². The summed E-state index contributed by atoms with van der Waals surface area (Å²) in [6.07, 6.45) is 3.49. The number of rotatable bonds is 11. The molecule has 0 radical (unpaired) electrons. The zero-order valence-corrected chi connectivity index (χ0v) is 18.7. The third-order valence-corrected chi connectivity index (χ3v) is 5.35. The van der Waals surface area contributed by atoms with Crippen LogP contribution in [-0.2, 0) is 14.3 Å². The van der Waals surface area contributed by atoms with Gasteiger partial charge in [0.15, 0.2) is 11.5 Å². The number of hydrogen-bond donors (Lipinski definition) is 0. The van der Waals surface area contributed by atoms with Gasteiger partial charge in [-0.3, -0.25) is 14.5 Å². The molecular formula is C21H27NO5S2. The lowest BCUT2D eigenvalue weighted by molar-refractivity contribution is -0.143. The molecule has 1 aliphatic heterocycles. The van der Waals surface area contributed by atoms with Crippen LogP contribution in [0, 0.1) is 0 Å². The van der Waals surface area contributed by atoms with Crippen LogP contribution in [0.25, 0.3) is 6.08 Å². The van der Waals surface area contributed by atoms with E-state index in [-0.39, 0.29) is 18.3 Å². The highest BCUT2D eigenvalue weighted by molar-refractivity contribution is 8.26. The summed E-state index contributed by atoms with van der Waals surface area (Å²) in [6, 6.07) is 5.61. The molecule has 0 atom stereocenters. The molecule has 0 N–H and O–H groups in total. The lowest BCUT2D eigenvalue weighted by Gasteiger charge is -2.14. The van der Waals surface area contributed by atoms with Crippen LogP contribution in [0.15, 0.2) is 23.1 Å². The molecule has 1 saturated heterocycles. The molecule has 0 unspecified atom stereocenters. The SMILES string of the molecule is CCCOc1ccc(/C=C2\SC(=S)N(CCCC(=O)OCC)C2=O)cc1OCC. The highest BCUT2D eigenvalue weighted by atomic mass is 32.2. The molecule has 1 aromatic carbocycles. The second-order valence-electron chi connectivity index (χ2n) is 6.23. The quantitative estimate of drug-likeness (QED) is 0.288. The Morgan fingerprint density at radius 3 is 2.66 bits per heavy atom. The molecular weight excluding hydrogens is 410 g/mol. The van der Waals surface area contributed by atoms with Crippen LogP contribution in [0.2, 0.25) is 0 Å². The van der Waals surface area contributed by atoms with E-state index in [9.17, 15) is 9.59 Å². The fraction of sp³-hybridized carbons (Fsp3) is 0.476. The number of ether oxygens (including phenoxy) is 3. The van der Waals surface area contributed by atoms with E-state index < -0.39 is 0 Å². The van der Waals surface area contributed by atoms with Crippen LogP contribution in [0.4, 0.5) is 0 Å². The van der Waals surface area contributed by atoms with E-state index in [1.165, 1.54) is 16.7 Å². The van der Waals surface area contributed by atoms with Crippen molar-refractivity contribution >= 4 is 46.3 Å². The lowest BCUT2D eigenvalue weighted by Crippen LogP contribution is -2.29. The number of thiocarbonyl (C=S) groups is 1. The zero-order chi connectivity index (χ0) is 21.2. The predicted octanol–water partition coefficient (Wildman–Crippen LogP) is 4.42. The van der Waals surface area contributed by atoms with E-state index in [0.29, 0.717) is 53.5 Å². The van der Waals surface area contributed by atoms with Gasteiger partial charge in [-0.15, -0.1) is 0 Å². The number of carbonyl (C=O) groups excluding carboxylic acids is 2. The average molecular weight is 438 g/mol. The molecule has 1 fully saturated rings. The minimum Gasteiger partial charge on any atom is -0.490 e. The van der Waals surface area contributed by atoms with Gasteiger partial charge in [-0.2, -0.15) is 0 Å². The second kappa shape index (κ2) is 11.8. The van der Waals surface area contributed by atoms with Crippen LogP contribution in [-0.4, -0.2) is 47.5 Å². The van der Waals surface area contributed by atoms with E-state index in [1.54, 1.807) is 13.0 Å². The molecule has 0 bridgehead atoms. The van der Waals surface area contributed by atoms with Crippen LogP contribution >= 0.6 is 24.0 Å². The van der Waals surface area contributed by atoms with Crippen molar-refractivity contribution in [2.24, 2.45) is 0 Å². The third kappa shape index (κ3) is 6.75. The van der Waals surface area contributed by atoms with Crippen LogP contribution in [0.5, 0.6) is 11.5 Å². The van der Waals surface area contributed by atoms with Crippen molar-refractivity contribution in [3.8, 4) is 11.5 Å². The van der Waals surface area contributed by atoms with E-state index >= 15 is 0 Å². The molecule has 1 amide bonds. The molecule has 1 aromatic rings. The highest BCUT2D eigenvalue weighted by Crippen LogP contribution is 2.35. The maximum Gasteiger partial charge on any atom is 0.305 e. The van der Waals surface area contributed by atoms with Gasteiger partial charge >= 0.3 is 5.97 Å². The minimum absolute atomic E-state index is 0.145. The third-order valence-electron chi connectivity index (χ3n) is 3.97. The number of benzene rings is 1. The highest BCUT2D eigenvalue weighted by Gasteiger charge is 2.31. The van der Waals surface area contributed by atoms with Crippen LogP contribution < -0.4 is 9.47 Å². The maximum absolute atomic E-state index is 12.7. The first kappa shape index (κ1) is 23.2. The molecule has 0 aliphatic carbocycles. The summed E-state index contributed by atoms with van der Waals surface area (Å²) >= 11 is 6.61. The Balaban J connectivity index is 2.07. The van der Waals surface area contributed by atoms with Crippen molar-refractivity contribution in [2.45, 2.75) is 40.0 Å². The number of nitrogens with zero attached hydrogens (tertiary/aromatic N) is 1. The van der Waals surface area contributed by atoms with Gasteiger partial charge in [-0.25, -0.2) is 0 Å². The minimum atomic E-state index is -0.262. The largest absolute Gasteiger partial charge is 0.490 e. The Labute approximate surface area is 181 Å².